The highest BCUT2D eigenvalue weighted by Crippen LogP contribution is 2.27. The third-order valence-corrected chi connectivity index (χ3v) is 3.69. The van der Waals surface area contributed by atoms with E-state index in [0.717, 1.165) is 0 Å². The smallest absolute Gasteiger partial charge is 0.232 e. The van der Waals surface area contributed by atoms with Crippen LogP contribution in [0.15, 0.2) is 24.3 Å². The molecular formula is C15H21FN2O2. The zero-order chi connectivity index (χ0) is 14.5. The Labute approximate surface area is 118 Å². The van der Waals surface area contributed by atoms with Gasteiger partial charge in [-0.15, -0.1) is 0 Å². The van der Waals surface area contributed by atoms with E-state index in [1.54, 1.807) is 18.2 Å². The summed E-state index contributed by atoms with van der Waals surface area (Å²) in [4.78, 5) is 14.2. The molecule has 0 saturated carbocycles. The minimum absolute atomic E-state index is 0.0754. The summed E-state index contributed by atoms with van der Waals surface area (Å²) in [6, 6.07) is 6.35. The summed E-state index contributed by atoms with van der Waals surface area (Å²) < 4.78 is 19.4. The highest BCUT2D eigenvalue weighted by Gasteiger charge is 2.34. The highest BCUT2D eigenvalue weighted by molar-refractivity contribution is 5.95. The van der Waals surface area contributed by atoms with Crippen LogP contribution in [-0.4, -0.2) is 31.7 Å². The van der Waals surface area contributed by atoms with Gasteiger partial charge in [0.25, 0.3) is 0 Å². The molecule has 0 bridgehead atoms. The molecule has 4 nitrogen and oxygen atoms in total. The molecular weight excluding hydrogens is 259 g/mol. The van der Waals surface area contributed by atoms with Gasteiger partial charge in [-0.1, -0.05) is 12.1 Å². The van der Waals surface area contributed by atoms with E-state index in [1.807, 2.05) is 6.92 Å². The number of benzene rings is 1. The van der Waals surface area contributed by atoms with Crippen LogP contribution in [0.3, 0.4) is 0 Å². The molecule has 1 aliphatic heterocycles. The molecule has 0 spiro atoms. The van der Waals surface area contributed by atoms with E-state index >= 15 is 0 Å². The molecule has 0 aromatic heterocycles. The number of hydrogen-bond acceptors (Lipinski definition) is 3. The summed E-state index contributed by atoms with van der Waals surface area (Å²) in [6.07, 6.45) is 1.21. The van der Waals surface area contributed by atoms with E-state index in [1.165, 1.54) is 11.0 Å². The van der Waals surface area contributed by atoms with Gasteiger partial charge in [-0.3, -0.25) is 4.79 Å². The Morgan fingerprint density at radius 2 is 2.25 bits per heavy atom. The molecule has 1 heterocycles. The van der Waals surface area contributed by atoms with Crippen LogP contribution in [0.1, 0.15) is 19.8 Å². The lowest BCUT2D eigenvalue weighted by atomic mass is 10.0. The zero-order valence-electron chi connectivity index (χ0n) is 11.7. The molecule has 1 saturated heterocycles. The lowest BCUT2D eigenvalue weighted by molar-refractivity contribution is -0.123. The number of hydrogen-bond donors (Lipinski definition) is 1. The quantitative estimate of drug-likeness (QED) is 0.896. The Morgan fingerprint density at radius 3 is 2.85 bits per heavy atom. The molecule has 0 aliphatic carbocycles. The number of nitrogens with two attached hydrogens (primary N) is 1. The summed E-state index contributed by atoms with van der Waals surface area (Å²) in [5.41, 5.74) is 5.84. The fourth-order valence-electron chi connectivity index (χ4n) is 2.53. The molecule has 20 heavy (non-hydrogen) atoms. The Hall–Kier alpha value is -1.46. The fraction of sp³-hybridized carbons (Fsp3) is 0.533. The second-order valence-electron chi connectivity index (χ2n) is 5.05. The molecule has 1 aromatic rings. The van der Waals surface area contributed by atoms with Gasteiger partial charge in [0.1, 0.15) is 5.82 Å². The normalized spacial score (nSPS) is 21.9. The first-order valence-electron chi connectivity index (χ1n) is 7.02. The number of para-hydroxylation sites is 1. The van der Waals surface area contributed by atoms with E-state index in [2.05, 4.69) is 0 Å². The molecule has 2 unspecified atom stereocenters. The molecule has 0 radical (unpaired) electrons. The number of nitrogens with zero attached hydrogens (tertiary/aromatic N) is 1. The Morgan fingerprint density at radius 1 is 1.50 bits per heavy atom. The summed E-state index contributed by atoms with van der Waals surface area (Å²) >= 11 is 0. The summed E-state index contributed by atoms with van der Waals surface area (Å²) in [5, 5.41) is 0. The second kappa shape index (κ2) is 6.81. The average Bonchev–Trinajstić information content (AvgIpc) is 2.87. The maximum absolute atomic E-state index is 14.0. The van der Waals surface area contributed by atoms with Crippen LogP contribution < -0.4 is 10.6 Å². The topological polar surface area (TPSA) is 55.6 Å². The lowest BCUT2D eigenvalue weighted by Gasteiger charge is -2.27. The Kier molecular flexibility index (Phi) is 5.09. The van der Waals surface area contributed by atoms with Crippen LogP contribution in [0.25, 0.3) is 0 Å². The minimum Gasteiger partial charge on any atom is -0.378 e. The molecule has 2 rings (SSSR count). The van der Waals surface area contributed by atoms with Crippen molar-refractivity contribution in [3.8, 4) is 0 Å². The zero-order valence-corrected chi connectivity index (χ0v) is 11.7. The standard InChI is InChI=1S/C15H21FN2O2/c1-11-12(7-10-20-11)15(19)18(9-4-8-17)14-6-3-2-5-13(14)16/h2-3,5-6,11-12H,4,7-10,17H2,1H3. The van der Waals surface area contributed by atoms with Crippen LogP contribution in [0, 0.1) is 11.7 Å². The Balaban J connectivity index is 2.23. The van der Waals surface area contributed by atoms with Gasteiger partial charge in [0.15, 0.2) is 0 Å². The van der Waals surface area contributed by atoms with Gasteiger partial charge in [-0.25, -0.2) is 4.39 Å². The van der Waals surface area contributed by atoms with E-state index in [-0.39, 0.29) is 23.7 Å². The van der Waals surface area contributed by atoms with Gasteiger partial charge in [-0.05, 0) is 38.4 Å². The fourth-order valence-corrected chi connectivity index (χ4v) is 2.53. The highest BCUT2D eigenvalue weighted by atomic mass is 19.1. The molecule has 110 valence electrons. The maximum atomic E-state index is 14.0. The number of halogens is 1. The summed E-state index contributed by atoms with van der Waals surface area (Å²) in [7, 11) is 0. The van der Waals surface area contributed by atoms with Crippen LogP contribution in [0.4, 0.5) is 10.1 Å². The maximum Gasteiger partial charge on any atom is 0.232 e. The first-order chi connectivity index (χ1) is 9.65. The molecule has 2 N–H and O–H groups in total. The van der Waals surface area contributed by atoms with Crippen LogP contribution in [0.5, 0.6) is 0 Å². The number of carbonyl (C=O) groups excluding carboxylic acids is 1. The van der Waals surface area contributed by atoms with Crippen LogP contribution >= 0.6 is 0 Å². The third kappa shape index (κ3) is 3.16. The van der Waals surface area contributed by atoms with Crippen molar-refractivity contribution >= 4 is 11.6 Å². The summed E-state index contributed by atoms with van der Waals surface area (Å²) in [5.74, 6) is -0.662. The van der Waals surface area contributed by atoms with Gasteiger partial charge in [0.05, 0.1) is 17.7 Å². The van der Waals surface area contributed by atoms with Crippen LogP contribution in [0.2, 0.25) is 0 Å². The number of carbonyl (C=O) groups is 1. The molecule has 1 aliphatic rings. The predicted molar refractivity (Wildman–Crippen MR) is 75.9 cm³/mol. The first kappa shape index (κ1) is 14.9. The van der Waals surface area contributed by atoms with Crippen molar-refractivity contribution in [3.63, 3.8) is 0 Å². The third-order valence-electron chi connectivity index (χ3n) is 3.69. The van der Waals surface area contributed by atoms with Crippen molar-refractivity contribution < 1.29 is 13.9 Å². The Bertz CT molecular complexity index is 467. The number of rotatable bonds is 5. The van der Waals surface area contributed by atoms with Gasteiger partial charge in [-0.2, -0.15) is 0 Å². The van der Waals surface area contributed by atoms with Crippen LogP contribution in [-0.2, 0) is 9.53 Å². The van der Waals surface area contributed by atoms with Crippen molar-refractivity contribution in [2.24, 2.45) is 11.7 Å². The number of anilines is 1. The minimum atomic E-state index is -0.385. The van der Waals surface area contributed by atoms with E-state index in [4.69, 9.17) is 10.5 Å². The van der Waals surface area contributed by atoms with E-state index in [0.29, 0.717) is 38.2 Å². The summed E-state index contributed by atoms with van der Waals surface area (Å²) in [6.45, 7) is 3.37. The van der Waals surface area contributed by atoms with Crippen molar-refractivity contribution in [1.82, 2.24) is 0 Å². The molecule has 1 aromatic carbocycles. The molecule has 2 atom stereocenters. The second-order valence-corrected chi connectivity index (χ2v) is 5.05. The number of amides is 1. The van der Waals surface area contributed by atoms with Gasteiger partial charge in [0, 0.05) is 13.2 Å². The lowest BCUT2D eigenvalue weighted by Crippen LogP contribution is -2.40. The van der Waals surface area contributed by atoms with Crippen molar-refractivity contribution in [3.05, 3.63) is 30.1 Å². The van der Waals surface area contributed by atoms with E-state index in [9.17, 15) is 9.18 Å². The molecule has 1 amide bonds. The average molecular weight is 280 g/mol. The van der Waals surface area contributed by atoms with Gasteiger partial charge in [0.2, 0.25) is 5.91 Å². The van der Waals surface area contributed by atoms with Crippen molar-refractivity contribution in [2.75, 3.05) is 24.6 Å². The molecule has 5 heteroatoms. The predicted octanol–water partition coefficient (Wildman–Crippen LogP) is 1.93. The van der Waals surface area contributed by atoms with Crippen molar-refractivity contribution in [2.45, 2.75) is 25.9 Å². The monoisotopic (exact) mass is 280 g/mol. The molecule has 1 fully saturated rings. The van der Waals surface area contributed by atoms with Gasteiger partial charge >= 0.3 is 0 Å². The van der Waals surface area contributed by atoms with Gasteiger partial charge < -0.3 is 15.4 Å². The number of ether oxygens (including phenoxy) is 1. The van der Waals surface area contributed by atoms with E-state index < -0.39 is 0 Å². The largest absolute Gasteiger partial charge is 0.378 e. The van der Waals surface area contributed by atoms with Crippen molar-refractivity contribution in [1.29, 1.82) is 0 Å². The SMILES string of the molecule is CC1OCCC1C(=O)N(CCCN)c1ccccc1F. The first-order valence-corrected chi connectivity index (χ1v) is 7.02.